The minimum absolute atomic E-state index is 0.0138. The molecule has 1 aromatic carbocycles. The summed E-state index contributed by atoms with van der Waals surface area (Å²) in [5, 5.41) is 0. The van der Waals surface area contributed by atoms with E-state index in [-0.39, 0.29) is 6.04 Å². The van der Waals surface area contributed by atoms with Crippen molar-refractivity contribution in [1.82, 2.24) is 0 Å². The van der Waals surface area contributed by atoms with E-state index in [1.165, 1.54) is 5.56 Å². The lowest BCUT2D eigenvalue weighted by Gasteiger charge is -2.12. The molecule has 0 fully saturated rings. The number of hydrogen-bond donors (Lipinski definition) is 1. The molecule has 74 valence electrons. The lowest BCUT2D eigenvalue weighted by molar-refractivity contribution is 0.224. The Morgan fingerprint density at radius 2 is 2.07 bits per heavy atom. The van der Waals surface area contributed by atoms with Crippen LogP contribution in [0.5, 0.6) is 0 Å². The molecule has 0 amide bonds. The van der Waals surface area contributed by atoms with Gasteiger partial charge in [0.2, 0.25) is 0 Å². The van der Waals surface area contributed by atoms with Gasteiger partial charge in [0.05, 0.1) is 12.6 Å². The zero-order chi connectivity index (χ0) is 9.80. The van der Waals surface area contributed by atoms with E-state index >= 15 is 0 Å². The summed E-state index contributed by atoms with van der Waals surface area (Å²) in [7, 11) is 0. The van der Waals surface area contributed by atoms with Gasteiger partial charge in [-0.2, -0.15) is 0 Å². The van der Waals surface area contributed by atoms with Gasteiger partial charge < -0.3 is 10.5 Å². The van der Waals surface area contributed by atoms with Gasteiger partial charge in [0, 0.05) is 6.42 Å². The molecule has 0 bridgehead atoms. The first-order chi connectivity index (χ1) is 6.86. The van der Waals surface area contributed by atoms with E-state index < -0.39 is 0 Å². The second-order valence-electron chi connectivity index (χ2n) is 3.54. The predicted octanol–water partition coefficient (Wildman–Crippen LogP) is 1.86. The van der Waals surface area contributed by atoms with Crippen molar-refractivity contribution in [3.05, 3.63) is 47.7 Å². The Hall–Kier alpha value is -1.28. The number of rotatable bonds is 3. The first-order valence-electron chi connectivity index (χ1n) is 4.98. The van der Waals surface area contributed by atoms with E-state index in [1.54, 1.807) is 0 Å². The molecule has 0 saturated carbocycles. The van der Waals surface area contributed by atoms with Gasteiger partial charge in [-0.25, -0.2) is 0 Å². The van der Waals surface area contributed by atoms with Crippen LogP contribution in [0.15, 0.2) is 42.2 Å². The first-order valence-corrected chi connectivity index (χ1v) is 4.98. The fourth-order valence-electron chi connectivity index (χ4n) is 1.66. The monoisotopic (exact) mass is 189 g/mol. The predicted molar refractivity (Wildman–Crippen MR) is 56.8 cm³/mol. The van der Waals surface area contributed by atoms with Crippen molar-refractivity contribution in [2.75, 3.05) is 6.61 Å². The molecule has 0 aromatic heterocycles. The van der Waals surface area contributed by atoms with Gasteiger partial charge in [0.1, 0.15) is 5.76 Å². The molecule has 0 aliphatic carbocycles. The molecule has 2 rings (SSSR count). The summed E-state index contributed by atoms with van der Waals surface area (Å²) in [6.45, 7) is 0.790. The average molecular weight is 189 g/mol. The molecule has 0 spiro atoms. The van der Waals surface area contributed by atoms with Crippen LogP contribution >= 0.6 is 0 Å². The van der Waals surface area contributed by atoms with E-state index in [2.05, 4.69) is 18.2 Å². The van der Waals surface area contributed by atoms with Gasteiger partial charge in [-0.3, -0.25) is 0 Å². The van der Waals surface area contributed by atoms with Crippen LogP contribution in [0.4, 0.5) is 0 Å². The Morgan fingerprint density at radius 3 is 2.71 bits per heavy atom. The number of nitrogens with two attached hydrogens (primary N) is 1. The van der Waals surface area contributed by atoms with Crippen molar-refractivity contribution in [3.8, 4) is 0 Å². The Bertz CT molecular complexity index is 318. The third-order valence-electron chi connectivity index (χ3n) is 2.40. The van der Waals surface area contributed by atoms with Crippen molar-refractivity contribution in [1.29, 1.82) is 0 Å². The Labute approximate surface area is 84.4 Å². The van der Waals surface area contributed by atoms with Crippen LogP contribution in [0.2, 0.25) is 0 Å². The molecule has 0 saturated heterocycles. The lowest BCUT2D eigenvalue weighted by atomic mass is 10.1. The van der Waals surface area contributed by atoms with Gasteiger partial charge in [0.25, 0.3) is 0 Å². The van der Waals surface area contributed by atoms with Crippen molar-refractivity contribution in [2.24, 2.45) is 5.73 Å². The summed E-state index contributed by atoms with van der Waals surface area (Å²) in [5.41, 5.74) is 7.28. The van der Waals surface area contributed by atoms with Gasteiger partial charge in [-0.15, -0.1) is 0 Å². The fraction of sp³-hybridized carbons (Fsp3) is 0.333. The summed E-state index contributed by atoms with van der Waals surface area (Å²) >= 11 is 0. The van der Waals surface area contributed by atoms with E-state index in [9.17, 15) is 0 Å². The van der Waals surface area contributed by atoms with Crippen molar-refractivity contribution in [2.45, 2.75) is 18.9 Å². The summed E-state index contributed by atoms with van der Waals surface area (Å²) < 4.78 is 5.42. The second-order valence-corrected chi connectivity index (χ2v) is 3.54. The Balaban J connectivity index is 1.97. The molecule has 1 aliphatic heterocycles. The van der Waals surface area contributed by atoms with Gasteiger partial charge >= 0.3 is 0 Å². The van der Waals surface area contributed by atoms with Gasteiger partial charge in [-0.1, -0.05) is 30.3 Å². The maximum Gasteiger partial charge on any atom is 0.109 e. The summed E-state index contributed by atoms with van der Waals surface area (Å²) in [5.74, 6) is 0.953. The summed E-state index contributed by atoms with van der Waals surface area (Å²) in [6, 6.07) is 10.3. The normalized spacial score (nSPS) is 17.4. The number of benzene rings is 1. The second kappa shape index (κ2) is 4.29. The van der Waals surface area contributed by atoms with E-state index in [1.807, 2.05) is 18.2 Å². The molecule has 0 radical (unpaired) electrons. The van der Waals surface area contributed by atoms with E-state index in [4.69, 9.17) is 10.5 Å². The lowest BCUT2D eigenvalue weighted by Crippen LogP contribution is -2.25. The molecular weight excluding hydrogens is 174 g/mol. The van der Waals surface area contributed by atoms with Crippen molar-refractivity contribution >= 4 is 0 Å². The molecule has 1 atom stereocenters. The highest BCUT2D eigenvalue weighted by Gasteiger charge is 2.14. The van der Waals surface area contributed by atoms with Crippen LogP contribution in [0.25, 0.3) is 0 Å². The standard InChI is InChI=1S/C12H15NO/c13-11(12-7-4-8-14-12)9-10-5-2-1-3-6-10/h1-3,5-7,11H,4,8-9,13H2. The third-order valence-corrected chi connectivity index (χ3v) is 2.40. The van der Waals surface area contributed by atoms with Crippen LogP contribution in [-0.4, -0.2) is 12.6 Å². The maximum absolute atomic E-state index is 6.02. The maximum atomic E-state index is 6.02. The SMILES string of the molecule is NC(Cc1ccccc1)C1=CCCO1. The molecule has 14 heavy (non-hydrogen) atoms. The van der Waals surface area contributed by atoms with Crippen LogP contribution in [0.1, 0.15) is 12.0 Å². The third kappa shape index (κ3) is 2.15. The minimum Gasteiger partial charge on any atom is -0.496 e. The molecule has 1 aliphatic rings. The van der Waals surface area contributed by atoms with Gasteiger partial charge in [0.15, 0.2) is 0 Å². The minimum atomic E-state index is 0.0138. The first kappa shape index (κ1) is 9.28. The average Bonchev–Trinajstić information content (AvgIpc) is 2.72. The van der Waals surface area contributed by atoms with E-state index in [0.29, 0.717) is 0 Å². The largest absolute Gasteiger partial charge is 0.496 e. The zero-order valence-corrected chi connectivity index (χ0v) is 8.15. The van der Waals surface area contributed by atoms with Crippen LogP contribution in [-0.2, 0) is 11.2 Å². The Kier molecular flexibility index (Phi) is 2.84. The fourth-order valence-corrected chi connectivity index (χ4v) is 1.66. The molecule has 1 heterocycles. The van der Waals surface area contributed by atoms with Gasteiger partial charge in [-0.05, 0) is 18.1 Å². The van der Waals surface area contributed by atoms with E-state index in [0.717, 1.165) is 25.2 Å². The molecular formula is C12H15NO. The quantitative estimate of drug-likeness (QED) is 0.787. The topological polar surface area (TPSA) is 35.2 Å². The Morgan fingerprint density at radius 1 is 1.29 bits per heavy atom. The van der Waals surface area contributed by atoms with Crippen LogP contribution < -0.4 is 5.73 Å². The number of ether oxygens (including phenoxy) is 1. The summed E-state index contributed by atoms with van der Waals surface area (Å²) in [4.78, 5) is 0. The molecule has 2 N–H and O–H groups in total. The van der Waals surface area contributed by atoms with Crippen LogP contribution in [0.3, 0.4) is 0 Å². The molecule has 1 unspecified atom stereocenters. The smallest absolute Gasteiger partial charge is 0.109 e. The molecule has 1 aromatic rings. The summed E-state index contributed by atoms with van der Waals surface area (Å²) in [6.07, 6.45) is 3.94. The highest BCUT2D eigenvalue weighted by molar-refractivity contribution is 5.19. The highest BCUT2D eigenvalue weighted by Crippen LogP contribution is 2.15. The molecule has 2 heteroatoms. The number of hydrogen-bond acceptors (Lipinski definition) is 2. The van der Waals surface area contributed by atoms with Crippen LogP contribution in [0, 0.1) is 0 Å². The molecule has 2 nitrogen and oxygen atoms in total. The van der Waals surface area contributed by atoms with Crippen molar-refractivity contribution < 1.29 is 4.74 Å². The highest BCUT2D eigenvalue weighted by atomic mass is 16.5. The van der Waals surface area contributed by atoms with Crippen molar-refractivity contribution in [3.63, 3.8) is 0 Å². The zero-order valence-electron chi connectivity index (χ0n) is 8.15.